The summed E-state index contributed by atoms with van der Waals surface area (Å²) in [7, 11) is 0. The van der Waals surface area contributed by atoms with E-state index in [1.807, 2.05) is 0 Å². The second-order valence-electron chi connectivity index (χ2n) is 3.87. The summed E-state index contributed by atoms with van der Waals surface area (Å²) in [6.07, 6.45) is 3.36. The predicted molar refractivity (Wildman–Crippen MR) is 56.9 cm³/mol. The van der Waals surface area contributed by atoms with Gasteiger partial charge >= 0.3 is 0 Å². The Kier molecular flexibility index (Phi) is 4.96. The van der Waals surface area contributed by atoms with Crippen LogP contribution in [0, 0.1) is 12.8 Å². The SMILES string of the molecule is [CH2]C(C)=C(C)CC=C(C)C(C)C. The Morgan fingerprint density at radius 1 is 1.25 bits per heavy atom. The largest absolute Gasteiger partial charge is 0.0813 e. The molecule has 0 amide bonds. The molecule has 0 heterocycles. The molecule has 0 aromatic carbocycles. The fourth-order valence-electron chi connectivity index (χ4n) is 0.724. The lowest BCUT2D eigenvalue weighted by molar-refractivity contribution is 0.763. The van der Waals surface area contributed by atoms with Crippen LogP contribution < -0.4 is 0 Å². The molecule has 0 rings (SSSR count). The molecule has 0 saturated heterocycles. The van der Waals surface area contributed by atoms with Crippen molar-refractivity contribution in [2.45, 2.75) is 41.0 Å². The number of allylic oxidation sites excluding steroid dienone is 4. The highest BCUT2D eigenvalue weighted by atomic mass is 14.0. The average molecular weight is 165 g/mol. The van der Waals surface area contributed by atoms with Crippen LogP contribution >= 0.6 is 0 Å². The summed E-state index contributed by atoms with van der Waals surface area (Å²) < 4.78 is 0. The molecular weight excluding hydrogens is 144 g/mol. The lowest BCUT2D eigenvalue weighted by Crippen LogP contribution is -1.89. The molecule has 0 saturated carbocycles. The van der Waals surface area contributed by atoms with Gasteiger partial charge in [0.2, 0.25) is 0 Å². The van der Waals surface area contributed by atoms with Crippen LogP contribution in [0.25, 0.3) is 0 Å². The summed E-state index contributed by atoms with van der Waals surface area (Å²) in [5, 5.41) is 0. The number of hydrogen-bond donors (Lipinski definition) is 0. The number of rotatable bonds is 3. The van der Waals surface area contributed by atoms with Gasteiger partial charge in [-0.25, -0.2) is 0 Å². The number of hydrogen-bond acceptors (Lipinski definition) is 0. The topological polar surface area (TPSA) is 0 Å². The van der Waals surface area contributed by atoms with Gasteiger partial charge in [-0.3, -0.25) is 0 Å². The summed E-state index contributed by atoms with van der Waals surface area (Å²) in [5.41, 5.74) is 4.05. The molecule has 0 aliphatic carbocycles. The maximum absolute atomic E-state index is 3.91. The molecule has 12 heavy (non-hydrogen) atoms. The smallest absolute Gasteiger partial charge is 0.0136 e. The molecule has 69 valence electrons. The second kappa shape index (κ2) is 5.18. The third-order valence-corrected chi connectivity index (χ3v) is 2.37. The molecule has 0 N–H and O–H groups in total. The first-order valence-corrected chi connectivity index (χ1v) is 4.60. The Bertz CT molecular complexity index is 188. The van der Waals surface area contributed by atoms with E-state index in [2.05, 4.69) is 47.6 Å². The fourth-order valence-corrected chi connectivity index (χ4v) is 0.724. The van der Waals surface area contributed by atoms with Crippen LogP contribution in [0.1, 0.15) is 41.0 Å². The van der Waals surface area contributed by atoms with E-state index in [0.29, 0.717) is 5.92 Å². The maximum Gasteiger partial charge on any atom is -0.0136 e. The third kappa shape index (κ3) is 4.38. The third-order valence-electron chi connectivity index (χ3n) is 2.37. The Morgan fingerprint density at radius 2 is 1.75 bits per heavy atom. The quantitative estimate of drug-likeness (QED) is 0.551. The normalized spacial score (nSPS) is 15.1. The van der Waals surface area contributed by atoms with Gasteiger partial charge in [0.05, 0.1) is 0 Å². The van der Waals surface area contributed by atoms with Crippen molar-refractivity contribution >= 4 is 0 Å². The molecule has 0 unspecified atom stereocenters. The van der Waals surface area contributed by atoms with Gasteiger partial charge in [0.1, 0.15) is 0 Å². The summed E-state index contributed by atoms with van der Waals surface area (Å²) in [4.78, 5) is 0. The van der Waals surface area contributed by atoms with Crippen LogP contribution in [0.15, 0.2) is 22.8 Å². The van der Waals surface area contributed by atoms with Gasteiger partial charge in [0.25, 0.3) is 0 Å². The Morgan fingerprint density at radius 3 is 2.08 bits per heavy atom. The zero-order valence-corrected chi connectivity index (χ0v) is 9.07. The van der Waals surface area contributed by atoms with Crippen molar-refractivity contribution in [1.29, 1.82) is 0 Å². The minimum atomic E-state index is 0.669. The van der Waals surface area contributed by atoms with E-state index in [1.54, 1.807) is 0 Å². The molecule has 0 aliphatic heterocycles. The molecule has 0 fully saturated rings. The van der Waals surface area contributed by atoms with Crippen molar-refractivity contribution in [2.75, 3.05) is 0 Å². The summed E-state index contributed by atoms with van der Waals surface area (Å²) in [5.74, 6) is 0.669. The van der Waals surface area contributed by atoms with Crippen LogP contribution in [-0.2, 0) is 0 Å². The standard InChI is InChI=1S/C12H21/c1-9(2)11(5)7-8-12(6)10(3)4/h8,10H,1,7H2,2-6H3. The van der Waals surface area contributed by atoms with E-state index in [4.69, 9.17) is 0 Å². The minimum absolute atomic E-state index is 0.669. The van der Waals surface area contributed by atoms with E-state index < -0.39 is 0 Å². The van der Waals surface area contributed by atoms with Crippen molar-refractivity contribution in [2.24, 2.45) is 5.92 Å². The van der Waals surface area contributed by atoms with E-state index in [9.17, 15) is 0 Å². The van der Waals surface area contributed by atoms with Crippen molar-refractivity contribution in [3.05, 3.63) is 29.7 Å². The molecular formula is C12H21. The molecule has 0 spiro atoms. The Hall–Kier alpha value is -0.520. The van der Waals surface area contributed by atoms with E-state index in [1.165, 1.54) is 16.7 Å². The zero-order valence-electron chi connectivity index (χ0n) is 9.07. The lowest BCUT2D eigenvalue weighted by atomic mass is 10.0. The second-order valence-corrected chi connectivity index (χ2v) is 3.87. The van der Waals surface area contributed by atoms with Gasteiger partial charge in [-0.05, 0) is 40.0 Å². The van der Waals surface area contributed by atoms with Crippen LogP contribution in [0.3, 0.4) is 0 Å². The van der Waals surface area contributed by atoms with Gasteiger partial charge in [-0.2, -0.15) is 0 Å². The van der Waals surface area contributed by atoms with E-state index in [-0.39, 0.29) is 0 Å². The molecule has 0 bridgehead atoms. The van der Waals surface area contributed by atoms with Gasteiger partial charge in [0.15, 0.2) is 0 Å². The van der Waals surface area contributed by atoms with Crippen LogP contribution in [0.2, 0.25) is 0 Å². The van der Waals surface area contributed by atoms with Gasteiger partial charge in [0, 0.05) is 0 Å². The van der Waals surface area contributed by atoms with Crippen molar-refractivity contribution < 1.29 is 0 Å². The lowest BCUT2D eigenvalue weighted by Gasteiger charge is -2.05. The molecule has 0 atom stereocenters. The maximum atomic E-state index is 3.91. The van der Waals surface area contributed by atoms with E-state index >= 15 is 0 Å². The van der Waals surface area contributed by atoms with Gasteiger partial charge < -0.3 is 0 Å². The van der Waals surface area contributed by atoms with Gasteiger partial charge in [-0.1, -0.05) is 36.6 Å². The molecule has 1 radical (unpaired) electrons. The summed E-state index contributed by atoms with van der Waals surface area (Å²) in [6.45, 7) is 14.8. The molecule has 0 aromatic rings. The first-order valence-electron chi connectivity index (χ1n) is 4.60. The van der Waals surface area contributed by atoms with Gasteiger partial charge in [-0.15, -0.1) is 0 Å². The van der Waals surface area contributed by atoms with Crippen molar-refractivity contribution in [3.63, 3.8) is 0 Å². The monoisotopic (exact) mass is 165 g/mol. The van der Waals surface area contributed by atoms with Crippen LogP contribution in [0.4, 0.5) is 0 Å². The molecule has 0 aliphatic rings. The highest BCUT2D eigenvalue weighted by molar-refractivity contribution is 5.17. The predicted octanol–water partition coefficient (Wildman–Crippen LogP) is 4.15. The van der Waals surface area contributed by atoms with Crippen molar-refractivity contribution in [3.8, 4) is 0 Å². The molecule has 0 nitrogen and oxygen atoms in total. The highest BCUT2D eigenvalue weighted by Crippen LogP contribution is 2.13. The van der Waals surface area contributed by atoms with Crippen molar-refractivity contribution in [1.82, 2.24) is 0 Å². The van der Waals surface area contributed by atoms with Crippen LogP contribution in [-0.4, -0.2) is 0 Å². The molecule has 0 aromatic heterocycles. The Balaban J connectivity index is 4.15. The first-order chi connectivity index (χ1) is 5.45. The summed E-state index contributed by atoms with van der Waals surface area (Å²) in [6, 6.07) is 0. The summed E-state index contributed by atoms with van der Waals surface area (Å²) >= 11 is 0. The Labute approximate surface area is 77.4 Å². The van der Waals surface area contributed by atoms with E-state index in [0.717, 1.165) is 6.42 Å². The fraction of sp³-hybridized carbons (Fsp3) is 0.583. The minimum Gasteiger partial charge on any atom is -0.0813 e. The highest BCUT2D eigenvalue weighted by Gasteiger charge is 1.95. The first kappa shape index (κ1) is 11.5. The average Bonchev–Trinajstić information content (AvgIpc) is 1.98. The zero-order chi connectivity index (χ0) is 9.72. The van der Waals surface area contributed by atoms with Crippen LogP contribution in [0.5, 0.6) is 0 Å². The molecule has 0 heteroatoms.